The average molecular weight is 755 g/mol. The fraction of sp³-hybridized carbons (Fsp3) is 0.0556. The van der Waals surface area contributed by atoms with Crippen molar-refractivity contribution in [1.82, 2.24) is 9.55 Å². The zero-order valence-corrected chi connectivity index (χ0v) is 32.5. The number of aromatic nitrogens is 2. The van der Waals surface area contributed by atoms with Gasteiger partial charge in [-0.2, -0.15) is 0 Å². The van der Waals surface area contributed by atoms with Crippen molar-refractivity contribution >= 4 is 50.5 Å². The number of fused-ring (bicyclic) bond motifs is 14. The largest absolute Gasteiger partial charge is 0.458 e. The fourth-order valence-electron chi connectivity index (χ4n) is 11.1. The van der Waals surface area contributed by atoms with Gasteiger partial charge < -0.3 is 14.0 Å². The molecule has 13 rings (SSSR count). The maximum Gasteiger partial charge on any atom is 0.262 e. The summed E-state index contributed by atoms with van der Waals surface area (Å²) >= 11 is 0. The van der Waals surface area contributed by atoms with E-state index in [0.717, 1.165) is 50.3 Å². The Kier molecular flexibility index (Phi) is 6.56. The predicted molar refractivity (Wildman–Crippen MR) is 241 cm³/mol. The Morgan fingerprint density at radius 2 is 1.31 bits per heavy atom. The summed E-state index contributed by atoms with van der Waals surface area (Å²) in [5.41, 5.74) is 19.2. The highest BCUT2D eigenvalue weighted by Gasteiger charge is 2.51. The molecule has 59 heavy (non-hydrogen) atoms. The molecule has 0 bridgehead atoms. The molecule has 4 heterocycles. The lowest BCUT2D eigenvalue weighted by Gasteiger charge is -2.32. The second-order valence-corrected chi connectivity index (χ2v) is 16.1. The van der Waals surface area contributed by atoms with Gasteiger partial charge >= 0.3 is 0 Å². The van der Waals surface area contributed by atoms with Crippen LogP contribution in [0, 0.1) is 0 Å². The molecule has 0 amide bonds. The summed E-state index contributed by atoms with van der Waals surface area (Å²) in [6.45, 7) is 4.44. The molecule has 2 aliphatic carbocycles. The number of nitrogens with zero attached hydrogens (tertiary/aromatic N) is 2. The van der Waals surface area contributed by atoms with Gasteiger partial charge in [0.1, 0.15) is 17.2 Å². The summed E-state index contributed by atoms with van der Waals surface area (Å²) in [6, 6.07) is 57.7. The zero-order chi connectivity index (χ0) is 39.0. The van der Waals surface area contributed by atoms with Crippen LogP contribution in [0.5, 0.6) is 23.1 Å². The average Bonchev–Trinajstić information content (AvgIpc) is 3.87. The van der Waals surface area contributed by atoms with Gasteiger partial charge in [0.15, 0.2) is 0 Å². The van der Waals surface area contributed by atoms with Crippen LogP contribution in [0.3, 0.4) is 0 Å². The summed E-state index contributed by atoms with van der Waals surface area (Å²) in [7, 11) is 0. The van der Waals surface area contributed by atoms with Crippen molar-refractivity contribution in [3.05, 3.63) is 204 Å². The number of pyridine rings is 1. The molecular formula is C54H35BN2O2. The van der Waals surface area contributed by atoms with Crippen molar-refractivity contribution in [1.29, 1.82) is 0 Å². The molecule has 1 atom stereocenters. The lowest BCUT2D eigenvalue weighted by molar-refractivity contribution is 0.450. The minimum Gasteiger partial charge on any atom is -0.458 e. The van der Waals surface area contributed by atoms with Gasteiger partial charge in [0.25, 0.3) is 6.71 Å². The minimum atomic E-state index is -0.389. The first kappa shape index (κ1) is 32.7. The fourth-order valence-corrected chi connectivity index (χ4v) is 11.1. The number of allylic oxidation sites excluding steroid dienone is 4. The molecule has 7 aromatic carbocycles. The Morgan fingerprint density at radius 1 is 0.593 bits per heavy atom. The van der Waals surface area contributed by atoms with E-state index in [4.69, 9.17) is 9.47 Å². The monoisotopic (exact) mass is 754 g/mol. The molecule has 0 radical (unpaired) electrons. The van der Waals surface area contributed by atoms with Crippen LogP contribution in [0.1, 0.15) is 36.1 Å². The summed E-state index contributed by atoms with van der Waals surface area (Å²) in [5.74, 6) is 3.10. The van der Waals surface area contributed by atoms with Gasteiger partial charge in [0, 0.05) is 28.0 Å². The number of benzene rings is 7. The maximum atomic E-state index is 6.61. The molecule has 2 aliphatic heterocycles. The number of rotatable bonds is 3. The van der Waals surface area contributed by atoms with Crippen LogP contribution in [-0.2, 0) is 5.41 Å². The van der Waals surface area contributed by atoms with Crippen LogP contribution >= 0.6 is 0 Å². The first-order valence-corrected chi connectivity index (χ1v) is 20.4. The van der Waals surface area contributed by atoms with Crippen molar-refractivity contribution in [2.24, 2.45) is 0 Å². The summed E-state index contributed by atoms with van der Waals surface area (Å²) in [6.07, 6.45) is 6.24. The molecular weight excluding hydrogens is 719 g/mol. The molecule has 4 nitrogen and oxygen atoms in total. The SMILES string of the molecule is C/C=C\C1=C(C)C2(c3ccccc31)c1ccccc1-c1c(-n3c4ccccc4c4ccc(-c5ccc6c(c5)Oc5nccc7c5B6c5ccccc5O7)cc43)cccc12. The highest BCUT2D eigenvalue weighted by molar-refractivity contribution is 6.98. The third-order valence-corrected chi connectivity index (χ3v) is 13.4. The summed E-state index contributed by atoms with van der Waals surface area (Å²) < 4.78 is 15.4. The molecule has 0 saturated carbocycles. The quantitative estimate of drug-likeness (QED) is 0.169. The molecule has 1 spiro atoms. The molecule has 9 aromatic rings. The maximum absolute atomic E-state index is 6.61. The number of hydrogen-bond donors (Lipinski definition) is 0. The normalized spacial score (nSPS) is 16.5. The Balaban J connectivity index is 1.03. The third-order valence-electron chi connectivity index (χ3n) is 13.4. The Bertz CT molecular complexity index is 3390. The van der Waals surface area contributed by atoms with Crippen molar-refractivity contribution in [2.45, 2.75) is 19.3 Å². The molecule has 276 valence electrons. The van der Waals surface area contributed by atoms with E-state index >= 15 is 0 Å². The first-order valence-electron chi connectivity index (χ1n) is 20.4. The van der Waals surface area contributed by atoms with Gasteiger partial charge in [0.05, 0.1) is 22.1 Å². The van der Waals surface area contributed by atoms with E-state index in [9.17, 15) is 0 Å². The van der Waals surface area contributed by atoms with Gasteiger partial charge in [-0.05, 0) is 111 Å². The molecule has 0 N–H and O–H groups in total. The van der Waals surface area contributed by atoms with Gasteiger partial charge in [-0.25, -0.2) is 4.98 Å². The second kappa shape index (κ2) is 11.8. The van der Waals surface area contributed by atoms with E-state index in [1.165, 1.54) is 66.5 Å². The van der Waals surface area contributed by atoms with E-state index in [2.05, 4.69) is 175 Å². The number of ether oxygens (including phenoxy) is 2. The Labute approximate surface area is 342 Å². The van der Waals surface area contributed by atoms with E-state index < -0.39 is 0 Å². The van der Waals surface area contributed by atoms with E-state index in [1.807, 2.05) is 18.2 Å². The number of hydrogen-bond acceptors (Lipinski definition) is 3. The van der Waals surface area contributed by atoms with E-state index in [1.54, 1.807) is 6.20 Å². The van der Waals surface area contributed by atoms with Gasteiger partial charge in [-0.3, -0.25) is 0 Å². The molecule has 1 unspecified atom stereocenters. The molecule has 0 saturated heterocycles. The number of para-hydroxylation sites is 2. The van der Waals surface area contributed by atoms with E-state index in [0.29, 0.717) is 5.88 Å². The van der Waals surface area contributed by atoms with Crippen LogP contribution in [0.15, 0.2) is 182 Å². The van der Waals surface area contributed by atoms with Crippen molar-refractivity contribution in [3.8, 4) is 51.1 Å². The standard InChI is InChI=1S/C54H35BN2O2/c1-3-13-35-32(2)54(40-17-7-4-14-36(35)40)41-18-8-5-16-39(41)51-42(54)19-12-22-46(51)57-45-21-10-6-15-37(45)38-26-24-33(30-47(38)57)34-25-27-44-50(31-34)59-53-52-49(28-29-56-53)58-48-23-11-9-20-43(48)55(44)52/h3-31H,1-2H3/b13-3-. The Morgan fingerprint density at radius 3 is 2.20 bits per heavy atom. The zero-order valence-electron chi connectivity index (χ0n) is 32.5. The van der Waals surface area contributed by atoms with Gasteiger partial charge in [-0.1, -0.05) is 133 Å². The first-order chi connectivity index (χ1) is 29.1. The lowest BCUT2D eigenvalue weighted by atomic mass is 9.35. The molecule has 4 aliphatic rings. The van der Waals surface area contributed by atoms with Crippen molar-refractivity contribution < 1.29 is 9.47 Å². The van der Waals surface area contributed by atoms with Crippen LogP contribution in [0.2, 0.25) is 0 Å². The van der Waals surface area contributed by atoms with Crippen molar-refractivity contribution in [2.75, 3.05) is 0 Å². The van der Waals surface area contributed by atoms with Crippen molar-refractivity contribution in [3.63, 3.8) is 0 Å². The molecule has 5 heteroatoms. The summed E-state index contributed by atoms with van der Waals surface area (Å²) in [5, 5.41) is 2.45. The molecule has 0 fully saturated rings. The third kappa shape index (κ3) is 4.16. The second-order valence-electron chi connectivity index (χ2n) is 16.1. The van der Waals surface area contributed by atoms with E-state index in [-0.39, 0.29) is 12.1 Å². The molecule has 2 aromatic heterocycles. The van der Waals surface area contributed by atoms with Gasteiger partial charge in [0.2, 0.25) is 5.88 Å². The Hall–Kier alpha value is -7.37. The van der Waals surface area contributed by atoms with Crippen LogP contribution in [0.4, 0.5) is 0 Å². The van der Waals surface area contributed by atoms with Crippen LogP contribution in [-0.4, -0.2) is 16.3 Å². The van der Waals surface area contributed by atoms with Crippen LogP contribution < -0.4 is 25.9 Å². The van der Waals surface area contributed by atoms with Crippen LogP contribution in [0.25, 0.3) is 55.3 Å². The highest BCUT2D eigenvalue weighted by atomic mass is 16.5. The smallest absolute Gasteiger partial charge is 0.262 e. The highest BCUT2D eigenvalue weighted by Crippen LogP contribution is 2.63. The topological polar surface area (TPSA) is 36.3 Å². The predicted octanol–water partition coefficient (Wildman–Crippen LogP) is 11.3. The van der Waals surface area contributed by atoms with Gasteiger partial charge in [-0.15, -0.1) is 0 Å². The lowest BCUT2D eigenvalue weighted by Crippen LogP contribution is -2.57. The summed E-state index contributed by atoms with van der Waals surface area (Å²) in [4.78, 5) is 4.69. The minimum absolute atomic E-state index is 0.0211.